The summed E-state index contributed by atoms with van der Waals surface area (Å²) in [5, 5.41) is 0. The van der Waals surface area contributed by atoms with Crippen LogP contribution >= 0.6 is 0 Å². The van der Waals surface area contributed by atoms with Crippen molar-refractivity contribution in [1.82, 2.24) is 9.80 Å². The van der Waals surface area contributed by atoms with Crippen molar-refractivity contribution in [3.63, 3.8) is 0 Å². The summed E-state index contributed by atoms with van der Waals surface area (Å²) in [5.74, 6) is 0.213. The van der Waals surface area contributed by atoms with Crippen molar-refractivity contribution in [2.24, 2.45) is 5.92 Å². The number of carbonyl (C=O) groups is 2. The van der Waals surface area contributed by atoms with Crippen LogP contribution in [0.1, 0.15) is 40.0 Å². The van der Waals surface area contributed by atoms with E-state index in [1.54, 1.807) is 4.90 Å². The molecule has 2 rings (SSSR count). The number of carbonyl (C=O) groups excluding carboxylic acids is 2. The minimum Gasteiger partial charge on any atom is -0.469 e. The highest BCUT2D eigenvalue weighted by Crippen LogP contribution is 2.28. The summed E-state index contributed by atoms with van der Waals surface area (Å²) in [7, 11) is 1.43. The van der Waals surface area contributed by atoms with Crippen molar-refractivity contribution in [3.8, 4) is 0 Å². The minimum atomic E-state index is -0.464. The van der Waals surface area contributed by atoms with Crippen molar-refractivity contribution in [2.75, 3.05) is 33.3 Å². The van der Waals surface area contributed by atoms with E-state index in [0.29, 0.717) is 31.5 Å². The molecule has 0 aromatic carbocycles. The minimum absolute atomic E-state index is 0.141. The molecule has 2 fully saturated rings. The molecule has 6 heteroatoms. The Morgan fingerprint density at radius 1 is 1.18 bits per heavy atom. The second-order valence-electron chi connectivity index (χ2n) is 7.29. The lowest BCUT2D eigenvalue weighted by molar-refractivity contribution is -0.142. The molecule has 1 amide bonds. The molecule has 2 atom stereocenters. The van der Waals surface area contributed by atoms with Crippen molar-refractivity contribution in [2.45, 2.75) is 51.7 Å². The number of nitrogens with zero attached hydrogens (tertiary/aromatic N) is 2. The summed E-state index contributed by atoms with van der Waals surface area (Å²) in [6, 6.07) is 0.324. The maximum absolute atomic E-state index is 12.2. The molecule has 0 aliphatic carbocycles. The maximum atomic E-state index is 12.2. The molecule has 2 aliphatic heterocycles. The Hall–Kier alpha value is -1.30. The Labute approximate surface area is 132 Å². The SMILES string of the molecule is COC(=O)CC1CCN2CCN(C(=O)OC(C)(C)C)C[C@H]2C1. The van der Waals surface area contributed by atoms with E-state index in [1.807, 2.05) is 20.8 Å². The van der Waals surface area contributed by atoms with E-state index in [1.165, 1.54) is 7.11 Å². The highest BCUT2D eigenvalue weighted by molar-refractivity contribution is 5.69. The first-order chi connectivity index (χ1) is 10.3. The highest BCUT2D eigenvalue weighted by atomic mass is 16.6. The van der Waals surface area contributed by atoms with Gasteiger partial charge in [-0.15, -0.1) is 0 Å². The van der Waals surface area contributed by atoms with Crippen molar-refractivity contribution in [3.05, 3.63) is 0 Å². The molecule has 126 valence electrons. The molecule has 0 spiro atoms. The summed E-state index contributed by atoms with van der Waals surface area (Å²) in [4.78, 5) is 27.9. The number of piperidine rings is 1. The average molecular weight is 312 g/mol. The molecule has 2 aliphatic rings. The van der Waals surface area contributed by atoms with Gasteiger partial charge in [0.1, 0.15) is 5.60 Å². The van der Waals surface area contributed by atoms with Crippen LogP contribution in [0.25, 0.3) is 0 Å². The van der Waals surface area contributed by atoms with Gasteiger partial charge in [0.2, 0.25) is 0 Å². The number of rotatable bonds is 2. The van der Waals surface area contributed by atoms with Crippen LogP contribution in [0.3, 0.4) is 0 Å². The smallest absolute Gasteiger partial charge is 0.410 e. The van der Waals surface area contributed by atoms with E-state index >= 15 is 0 Å². The Kier molecular flexibility index (Phi) is 5.32. The number of ether oxygens (including phenoxy) is 2. The number of esters is 1. The third-order valence-electron chi connectivity index (χ3n) is 4.37. The molecule has 0 saturated carbocycles. The topological polar surface area (TPSA) is 59.1 Å². The van der Waals surface area contributed by atoms with Gasteiger partial charge in [-0.1, -0.05) is 0 Å². The number of piperazine rings is 1. The number of hydrogen-bond donors (Lipinski definition) is 0. The van der Waals surface area contributed by atoms with Crippen LogP contribution in [0.4, 0.5) is 4.79 Å². The molecule has 6 nitrogen and oxygen atoms in total. The molecule has 22 heavy (non-hydrogen) atoms. The lowest BCUT2D eigenvalue weighted by Gasteiger charge is -2.46. The Balaban J connectivity index is 1.89. The Morgan fingerprint density at radius 2 is 1.91 bits per heavy atom. The number of hydrogen-bond acceptors (Lipinski definition) is 5. The van der Waals surface area contributed by atoms with E-state index in [2.05, 4.69) is 4.90 Å². The molecule has 1 unspecified atom stereocenters. The zero-order valence-corrected chi connectivity index (χ0v) is 14.1. The molecule has 0 radical (unpaired) electrons. The summed E-state index contributed by atoms with van der Waals surface area (Å²) >= 11 is 0. The van der Waals surface area contributed by atoms with Gasteiger partial charge in [-0.05, 0) is 46.1 Å². The molecule has 2 saturated heterocycles. The van der Waals surface area contributed by atoms with Gasteiger partial charge in [0, 0.05) is 32.1 Å². The van der Waals surface area contributed by atoms with E-state index in [-0.39, 0.29) is 12.1 Å². The quantitative estimate of drug-likeness (QED) is 0.729. The van der Waals surface area contributed by atoms with Gasteiger partial charge < -0.3 is 14.4 Å². The van der Waals surface area contributed by atoms with Crippen LogP contribution in [-0.2, 0) is 14.3 Å². The zero-order chi connectivity index (χ0) is 16.3. The third kappa shape index (κ3) is 4.60. The summed E-state index contributed by atoms with van der Waals surface area (Å²) in [6.07, 6.45) is 2.21. The molecule has 0 aromatic rings. The van der Waals surface area contributed by atoms with E-state index in [4.69, 9.17) is 9.47 Å². The lowest BCUT2D eigenvalue weighted by Crippen LogP contribution is -2.58. The van der Waals surface area contributed by atoms with Gasteiger partial charge in [0.05, 0.1) is 7.11 Å². The molecular weight excluding hydrogens is 284 g/mol. The monoisotopic (exact) mass is 312 g/mol. The summed E-state index contributed by atoms with van der Waals surface area (Å²) in [6.45, 7) is 8.93. The predicted octanol–water partition coefficient (Wildman–Crippen LogP) is 1.88. The van der Waals surface area contributed by atoms with Gasteiger partial charge in [-0.2, -0.15) is 0 Å². The van der Waals surface area contributed by atoms with Crippen molar-refractivity contribution >= 4 is 12.1 Å². The molecule has 2 heterocycles. The van der Waals surface area contributed by atoms with Crippen LogP contribution < -0.4 is 0 Å². The molecular formula is C16H28N2O4. The normalized spacial score (nSPS) is 26.3. The highest BCUT2D eigenvalue weighted by Gasteiger charge is 2.36. The summed E-state index contributed by atoms with van der Waals surface area (Å²) < 4.78 is 10.2. The number of fused-ring (bicyclic) bond motifs is 1. The first-order valence-corrected chi connectivity index (χ1v) is 8.07. The second kappa shape index (κ2) is 6.86. The predicted molar refractivity (Wildman–Crippen MR) is 82.5 cm³/mol. The van der Waals surface area contributed by atoms with Crippen LogP contribution in [-0.4, -0.2) is 66.8 Å². The van der Waals surface area contributed by atoms with Crippen LogP contribution in [0, 0.1) is 5.92 Å². The molecule has 0 N–H and O–H groups in total. The lowest BCUT2D eigenvalue weighted by atomic mass is 9.87. The van der Waals surface area contributed by atoms with Crippen LogP contribution in [0.2, 0.25) is 0 Å². The second-order valence-corrected chi connectivity index (χ2v) is 7.29. The average Bonchev–Trinajstić information content (AvgIpc) is 2.44. The van der Waals surface area contributed by atoms with Crippen molar-refractivity contribution in [1.29, 1.82) is 0 Å². The Bertz CT molecular complexity index is 419. The fourth-order valence-corrected chi connectivity index (χ4v) is 3.26. The first-order valence-electron chi connectivity index (χ1n) is 8.07. The van der Waals surface area contributed by atoms with Gasteiger partial charge in [-0.25, -0.2) is 4.79 Å². The van der Waals surface area contributed by atoms with E-state index in [0.717, 1.165) is 25.9 Å². The number of amides is 1. The Morgan fingerprint density at radius 3 is 2.55 bits per heavy atom. The van der Waals surface area contributed by atoms with E-state index in [9.17, 15) is 9.59 Å². The molecule has 0 aromatic heterocycles. The largest absolute Gasteiger partial charge is 0.469 e. The van der Waals surface area contributed by atoms with Gasteiger partial charge in [-0.3, -0.25) is 9.69 Å². The van der Waals surface area contributed by atoms with Gasteiger partial charge >= 0.3 is 12.1 Å². The number of methoxy groups -OCH3 is 1. The summed E-state index contributed by atoms with van der Waals surface area (Å²) in [5.41, 5.74) is -0.464. The van der Waals surface area contributed by atoms with Gasteiger partial charge in [0.25, 0.3) is 0 Å². The third-order valence-corrected chi connectivity index (χ3v) is 4.37. The fraction of sp³-hybridized carbons (Fsp3) is 0.875. The van der Waals surface area contributed by atoms with Crippen LogP contribution in [0.5, 0.6) is 0 Å². The standard InChI is InChI=1S/C16H28N2O4/c1-16(2,3)22-15(20)18-8-7-17-6-5-12(9-13(17)11-18)10-14(19)21-4/h12-13H,5-11H2,1-4H3/t12?,13-/m1/s1. The van der Waals surface area contributed by atoms with Crippen LogP contribution in [0.15, 0.2) is 0 Å². The maximum Gasteiger partial charge on any atom is 0.410 e. The van der Waals surface area contributed by atoms with E-state index < -0.39 is 5.60 Å². The van der Waals surface area contributed by atoms with Gasteiger partial charge in [0.15, 0.2) is 0 Å². The zero-order valence-electron chi connectivity index (χ0n) is 14.1. The molecule has 0 bridgehead atoms. The fourth-order valence-electron chi connectivity index (χ4n) is 3.26. The first kappa shape index (κ1) is 17.1. The van der Waals surface area contributed by atoms with Crippen molar-refractivity contribution < 1.29 is 19.1 Å².